The van der Waals surface area contributed by atoms with Crippen molar-refractivity contribution in [1.29, 1.82) is 0 Å². The van der Waals surface area contributed by atoms with Crippen molar-refractivity contribution in [1.82, 2.24) is 4.90 Å². The van der Waals surface area contributed by atoms with Gasteiger partial charge in [0.05, 0.1) is 19.3 Å². The Morgan fingerprint density at radius 3 is 2.75 bits per heavy atom. The maximum absolute atomic E-state index is 10.2. The van der Waals surface area contributed by atoms with Crippen molar-refractivity contribution in [2.45, 2.75) is 57.7 Å². The molecule has 1 aliphatic carbocycles. The SMILES string of the molecule is CC1CCC(O)C(N2CCOCC2(C)C)C1. The monoisotopic (exact) mass is 227 g/mol. The van der Waals surface area contributed by atoms with Gasteiger partial charge in [-0.3, -0.25) is 4.90 Å². The van der Waals surface area contributed by atoms with Crippen LogP contribution in [0.1, 0.15) is 40.0 Å². The van der Waals surface area contributed by atoms with Crippen LogP contribution in [0.25, 0.3) is 0 Å². The van der Waals surface area contributed by atoms with Gasteiger partial charge in [-0.15, -0.1) is 0 Å². The Labute approximate surface area is 98.8 Å². The average molecular weight is 227 g/mol. The molecule has 3 atom stereocenters. The second-order valence-corrected chi connectivity index (χ2v) is 6.11. The Morgan fingerprint density at radius 2 is 2.06 bits per heavy atom. The Morgan fingerprint density at radius 1 is 1.31 bits per heavy atom. The molecule has 94 valence electrons. The minimum atomic E-state index is -0.145. The first-order valence-electron chi connectivity index (χ1n) is 6.53. The molecule has 16 heavy (non-hydrogen) atoms. The first kappa shape index (κ1) is 12.3. The summed E-state index contributed by atoms with van der Waals surface area (Å²) < 4.78 is 5.54. The Hall–Kier alpha value is -0.120. The zero-order chi connectivity index (χ0) is 11.8. The quantitative estimate of drug-likeness (QED) is 0.739. The maximum atomic E-state index is 10.2. The fourth-order valence-corrected chi connectivity index (χ4v) is 3.15. The number of nitrogens with zero attached hydrogens (tertiary/aromatic N) is 1. The molecule has 0 radical (unpaired) electrons. The number of hydrogen-bond acceptors (Lipinski definition) is 3. The van der Waals surface area contributed by atoms with Crippen molar-refractivity contribution in [2.75, 3.05) is 19.8 Å². The van der Waals surface area contributed by atoms with Gasteiger partial charge in [0, 0.05) is 18.1 Å². The second-order valence-electron chi connectivity index (χ2n) is 6.11. The van der Waals surface area contributed by atoms with Gasteiger partial charge in [0.2, 0.25) is 0 Å². The molecule has 0 bridgehead atoms. The van der Waals surface area contributed by atoms with E-state index in [4.69, 9.17) is 4.74 Å². The molecule has 0 aromatic rings. The van der Waals surface area contributed by atoms with Gasteiger partial charge in [-0.1, -0.05) is 6.92 Å². The molecule has 0 amide bonds. The molecule has 2 fully saturated rings. The Bertz CT molecular complexity index is 242. The fourth-order valence-electron chi connectivity index (χ4n) is 3.15. The van der Waals surface area contributed by atoms with Crippen LogP contribution in [0.4, 0.5) is 0 Å². The maximum Gasteiger partial charge on any atom is 0.0695 e. The van der Waals surface area contributed by atoms with Crippen LogP contribution in [-0.4, -0.2) is 47.4 Å². The van der Waals surface area contributed by atoms with Crippen LogP contribution < -0.4 is 0 Å². The highest BCUT2D eigenvalue weighted by Gasteiger charge is 2.40. The summed E-state index contributed by atoms with van der Waals surface area (Å²) >= 11 is 0. The van der Waals surface area contributed by atoms with Crippen molar-refractivity contribution >= 4 is 0 Å². The van der Waals surface area contributed by atoms with Crippen molar-refractivity contribution in [3.05, 3.63) is 0 Å². The van der Waals surface area contributed by atoms with Gasteiger partial charge in [-0.2, -0.15) is 0 Å². The van der Waals surface area contributed by atoms with E-state index < -0.39 is 0 Å². The summed E-state index contributed by atoms with van der Waals surface area (Å²) in [7, 11) is 0. The largest absolute Gasteiger partial charge is 0.391 e. The lowest BCUT2D eigenvalue weighted by Gasteiger charge is -2.50. The molecular weight excluding hydrogens is 202 g/mol. The third-order valence-electron chi connectivity index (χ3n) is 4.15. The summed E-state index contributed by atoms with van der Waals surface area (Å²) in [6, 6.07) is 0.336. The Kier molecular flexibility index (Phi) is 3.57. The summed E-state index contributed by atoms with van der Waals surface area (Å²) in [6.45, 7) is 9.29. The highest BCUT2D eigenvalue weighted by Crippen LogP contribution is 2.32. The van der Waals surface area contributed by atoms with Crippen LogP contribution in [0.3, 0.4) is 0 Å². The number of ether oxygens (including phenoxy) is 1. The van der Waals surface area contributed by atoms with Crippen LogP contribution >= 0.6 is 0 Å². The Balaban J connectivity index is 2.08. The number of morpholine rings is 1. The molecule has 0 aromatic carbocycles. The lowest BCUT2D eigenvalue weighted by Crippen LogP contribution is -2.61. The second kappa shape index (κ2) is 4.63. The normalized spacial score (nSPS) is 40.9. The zero-order valence-corrected chi connectivity index (χ0v) is 10.8. The smallest absolute Gasteiger partial charge is 0.0695 e. The summed E-state index contributed by atoms with van der Waals surface area (Å²) in [6.07, 6.45) is 3.11. The standard InChI is InChI=1S/C13H25NO2/c1-10-4-5-12(15)11(8-10)14-6-7-16-9-13(14,2)3/h10-12,15H,4-9H2,1-3H3. The summed E-state index contributed by atoms with van der Waals surface area (Å²) in [5.41, 5.74) is 0.0704. The van der Waals surface area contributed by atoms with E-state index in [0.717, 1.165) is 38.5 Å². The van der Waals surface area contributed by atoms with E-state index in [1.54, 1.807) is 0 Å². The van der Waals surface area contributed by atoms with E-state index >= 15 is 0 Å². The van der Waals surface area contributed by atoms with Crippen LogP contribution in [-0.2, 0) is 4.74 Å². The lowest BCUT2D eigenvalue weighted by molar-refractivity contribution is -0.109. The van der Waals surface area contributed by atoms with E-state index in [1.807, 2.05) is 0 Å². The lowest BCUT2D eigenvalue weighted by atomic mass is 9.82. The molecule has 1 N–H and O–H groups in total. The number of rotatable bonds is 1. The minimum Gasteiger partial charge on any atom is -0.391 e. The van der Waals surface area contributed by atoms with Gasteiger partial charge in [-0.05, 0) is 39.0 Å². The molecule has 1 saturated carbocycles. The number of hydrogen-bond donors (Lipinski definition) is 1. The molecular formula is C13H25NO2. The van der Waals surface area contributed by atoms with Crippen molar-refractivity contribution < 1.29 is 9.84 Å². The van der Waals surface area contributed by atoms with Crippen molar-refractivity contribution in [3.63, 3.8) is 0 Å². The van der Waals surface area contributed by atoms with Crippen LogP contribution in [0, 0.1) is 5.92 Å². The third-order valence-corrected chi connectivity index (χ3v) is 4.15. The van der Waals surface area contributed by atoms with Crippen molar-refractivity contribution in [3.8, 4) is 0 Å². The zero-order valence-electron chi connectivity index (χ0n) is 10.8. The molecule has 0 spiro atoms. The summed E-state index contributed by atoms with van der Waals surface area (Å²) in [4.78, 5) is 2.47. The van der Waals surface area contributed by atoms with Gasteiger partial charge < -0.3 is 9.84 Å². The first-order valence-corrected chi connectivity index (χ1v) is 6.53. The summed E-state index contributed by atoms with van der Waals surface area (Å²) in [5, 5.41) is 10.2. The first-order chi connectivity index (χ1) is 7.50. The molecule has 1 aliphatic heterocycles. The number of aliphatic hydroxyl groups is 1. The molecule has 3 unspecified atom stereocenters. The van der Waals surface area contributed by atoms with Gasteiger partial charge in [0.25, 0.3) is 0 Å². The van der Waals surface area contributed by atoms with E-state index in [2.05, 4.69) is 25.7 Å². The molecule has 1 saturated heterocycles. The number of aliphatic hydroxyl groups excluding tert-OH is 1. The predicted molar refractivity (Wildman–Crippen MR) is 64.4 cm³/mol. The van der Waals surface area contributed by atoms with Gasteiger partial charge in [0.1, 0.15) is 0 Å². The molecule has 3 heteroatoms. The predicted octanol–water partition coefficient (Wildman–Crippen LogP) is 1.65. The molecule has 0 aromatic heterocycles. The van der Waals surface area contributed by atoms with E-state index in [9.17, 15) is 5.11 Å². The molecule has 3 nitrogen and oxygen atoms in total. The summed E-state index contributed by atoms with van der Waals surface area (Å²) in [5.74, 6) is 0.743. The highest BCUT2D eigenvalue weighted by molar-refractivity contribution is 4.94. The van der Waals surface area contributed by atoms with Gasteiger partial charge in [0.15, 0.2) is 0 Å². The molecule has 2 aliphatic rings. The van der Waals surface area contributed by atoms with E-state index in [-0.39, 0.29) is 11.6 Å². The third kappa shape index (κ3) is 2.41. The molecule has 1 heterocycles. The highest BCUT2D eigenvalue weighted by atomic mass is 16.5. The van der Waals surface area contributed by atoms with Crippen LogP contribution in [0.5, 0.6) is 0 Å². The molecule has 2 rings (SSSR count). The fraction of sp³-hybridized carbons (Fsp3) is 1.00. The van der Waals surface area contributed by atoms with E-state index in [1.165, 1.54) is 6.42 Å². The van der Waals surface area contributed by atoms with Crippen molar-refractivity contribution in [2.24, 2.45) is 5.92 Å². The average Bonchev–Trinajstić information content (AvgIpc) is 2.22. The van der Waals surface area contributed by atoms with E-state index in [0.29, 0.717) is 6.04 Å². The van der Waals surface area contributed by atoms with Crippen LogP contribution in [0.15, 0.2) is 0 Å². The topological polar surface area (TPSA) is 32.7 Å². The van der Waals surface area contributed by atoms with Gasteiger partial charge in [-0.25, -0.2) is 0 Å². The minimum absolute atomic E-state index is 0.0704. The van der Waals surface area contributed by atoms with Gasteiger partial charge >= 0.3 is 0 Å². The van der Waals surface area contributed by atoms with Crippen LogP contribution in [0.2, 0.25) is 0 Å².